The highest BCUT2D eigenvalue weighted by Gasteiger charge is 2.13. The van der Waals surface area contributed by atoms with Gasteiger partial charge in [0.1, 0.15) is 5.82 Å². The maximum absolute atomic E-state index is 13.4. The highest BCUT2D eigenvalue weighted by Crippen LogP contribution is 2.29. The number of hydrogen-bond donors (Lipinski definition) is 2. The van der Waals surface area contributed by atoms with E-state index in [0.29, 0.717) is 0 Å². The van der Waals surface area contributed by atoms with Crippen molar-refractivity contribution in [3.05, 3.63) is 27.4 Å². The summed E-state index contributed by atoms with van der Waals surface area (Å²) in [6.07, 6.45) is -0.167. The average Bonchev–Trinajstić information content (AvgIpc) is 2.32. The summed E-state index contributed by atoms with van der Waals surface area (Å²) in [5.74, 6) is -1.60. The molecule has 8 heteroatoms. The lowest BCUT2D eigenvalue weighted by Crippen LogP contribution is -2.33. The Kier molecular flexibility index (Phi) is 5.56. The van der Waals surface area contributed by atoms with Crippen LogP contribution in [0.4, 0.5) is 14.9 Å². The quantitative estimate of drug-likeness (QED) is 0.817. The summed E-state index contributed by atoms with van der Waals surface area (Å²) in [6, 6.07) is 1.95. The normalized spacial score (nSPS) is 10.1. The Bertz CT molecular complexity index is 490. The fraction of sp³-hybridized carbons (Fsp3) is 0.273. The number of carbonyl (C=O) groups is 2. The van der Waals surface area contributed by atoms with Crippen LogP contribution in [-0.4, -0.2) is 35.6 Å². The average molecular weight is 354 g/mol. The van der Waals surface area contributed by atoms with Crippen molar-refractivity contribution in [2.45, 2.75) is 6.42 Å². The standard InChI is InChI=1S/C11H11BrClFN2O3/c1-16(3-2-9(17)18)11(19)15-6-4-7(13)10(12)8(14)5-6/h4-5H,2-3H2,1H3,(H,15,19)(H,17,18). The van der Waals surface area contributed by atoms with Crippen molar-refractivity contribution >= 4 is 45.2 Å². The molecule has 104 valence electrons. The molecule has 0 heterocycles. The van der Waals surface area contributed by atoms with Gasteiger partial charge in [0.05, 0.1) is 15.9 Å². The molecule has 0 fully saturated rings. The van der Waals surface area contributed by atoms with E-state index in [1.165, 1.54) is 18.0 Å². The van der Waals surface area contributed by atoms with Crippen LogP contribution in [0.5, 0.6) is 0 Å². The molecule has 0 aliphatic carbocycles. The van der Waals surface area contributed by atoms with Gasteiger partial charge in [0.15, 0.2) is 0 Å². The fourth-order valence-corrected chi connectivity index (χ4v) is 1.65. The van der Waals surface area contributed by atoms with Gasteiger partial charge in [-0.3, -0.25) is 4.79 Å². The Morgan fingerprint density at radius 3 is 2.68 bits per heavy atom. The van der Waals surface area contributed by atoms with Crippen molar-refractivity contribution in [1.29, 1.82) is 0 Å². The van der Waals surface area contributed by atoms with E-state index >= 15 is 0 Å². The monoisotopic (exact) mass is 352 g/mol. The van der Waals surface area contributed by atoms with Crippen LogP contribution in [0, 0.1) is 5.82 Å². The topological polar surface area (TPSA) is 69.6 Å². The maximum Gasteiger partial charge on any atom is 0.321 e. The number of anilines is 1. The maximum atomic E-state index is 13.4. The van der Waals surface area contributed by atoms with E-state index < -0.39 is 17.8 Å². The zero-order chi connectivity index (χ0) is 14.6. The molecule has 2 amide bonds. The number of nitrogens with one attached hydrogen (secondary N) is 1. The number of urea groups is 1. The highest BCUT2D eigenvalue weighted by molar-refractivity contribution is 9.10. The Balaban J connectivity index is 2.69. The molecule has 0 bridgehead atoms. The summed E-state index contributed by atoms with van der Waals surface area (Å²) < 4.78 is 13.5. The van der Waals surface area contributed by atoms with Crippen LogP contribution >= 0.6 is 27.5 Å². The van der Waals surface area contributed by atoms with Crippen molar-refractivity contribution in [3.8, 4) is 0 Å². The number of hydrogen-bond acceptors (Lipinski definition) is 2. The van der Waals surface area contributed by atoms with Crippen LogP contribution in [0.25, 0.3) is 0 Å². The van der Waals surface area contributed by atoms with Crippen LogP contribution in [-0.2, 0) is 4.79 Å². The van der Waals surface area contributed by atoms with Crippen LogP contribution in [0.2, 0.25) is 5.02 Å². The predicted octanol–water partition coefficient (Wildman–Crippen LogP) is 3.18. The molecule has 5 nitrogen and oxygen atoms in total. The Hall–Kier alpha value is -1.34. The van der Waals surface area contributed by atoms with Crippen LogP contribution in [0.15, 0.2) is 16.6 Å². The number of carboxylic acid groups (broad SMARTS) is 1. The molecular formula is C11H11BrClFN2O3. The van der Waals surface area contributed by atoms with Crippen LogP contribution < -0.4 is 5.32 Å². The number of amides is 2. The third kappa shape index (κ3) is 4.68. The molecule has 1 aromatic rings. The predicted molar refractivity (Wildman–Crippen MR) is 73.0 cm³/mol. The summed E-state index contributed by atoms with van der Waals surface area (Å²) in [4.78, 5) is 23.2. The molecule has 0 aliphatic rings. The minimum Gasteiger partial charge on any atom is -0.481 e. The Morgan fingerprint density at radius 1 is 1.53 bits per heavy atom. The summed E-state index contributed by atoms with van der Waals surface area (Å²) in [6.45, 7) is 0.0495. The van der Waals surface area contributed by atoms with E-state index in [1.807, 2.05) is 0 Å². The first-order chi connectivity index (χ1) is 8.81. The van der Waals surface area contributed by atoms with Gasteiger partial charge in [0.25, 0.3) is 0 Å². The lowest BCUT2D eigenvalue weighted by Gasteiger charge is -2.17. The van der Waals surface area contributed by atoms with Gasteiger partial charge in [0, 0.05) is 19.3 Å². The van der Waals surface area contributed by atoms with Gasteiger partial charge in [-0.05, 0) is 28.1 Å². The van der Waals surface area contributed by atoms with Crippen molar-refractivity contribution in [1.82, 2.24) is 4.90 Å². The molecule has 0 atom stereocenters. The van der Waals surface area contributed by atoms with E-state index in [9.17, 15) is 14.0 Å². The SMILES string of the molecule is CN(CCC(=O)O)C(=O)Nc1cc(F)c(Br)c(Cl)c1. The van der Waals surface area contributed by atoms with E-state index in [1.54, 1.807) is 0 Å². The van der Waals surface area contributed by atoms with Crippen LogP contribution in [0.3, 0.4) is 0 Å². The van der Waals surface area contributed by atoms with E-state index in [0.717, 1.165) is 6.07 Å². The van der Waals surface area contributed by atoms with Crippen molar-refractivity contribution in [2.24, 2.45) is 0 Å². The Morgan fingerprint density at radius 2 is 2.16 bits per heavy atom. The lowest BCUT2D eigenvalue weighted by molar-refractivity contribution is -0.137. The van der Waals surface area contributed by atoms with Crippen molar-refractivity contribution in [3.63, 3.8) is 0 Å². The molecule has 0 aromatic heterocycles. The molecule has 0 saturated heterocycles. The molecule has 0 spiro atoms. The molecule has 1 aromatic carbocycles. The number of carbonyl (C=O) groups excluding carboxylic acids is 1. The molecule has 0 unspecified atom stereocenters. The summed E-state index contributed by atoms with van der Waals surface area (Å²) in [7, 11) is 1.44. The number of benzene rings is 1. The second-order valence-corrected chi connectivity index (χ2v) is 4.95. The smallest absolute Gasteiger partial charge is 0.321 e. The minimum atomic E-state index is -1.00. The van der Waals surface area contributed by atoms with Gasteiger partial charge < -0.3 is 15.3 Å². The van der Waals surface area contributed by atoms with E-state index in [-0.39, 0.29) is 28.1 Å². The van der Waals surface area contributed by atoms with Gasteiger partial charge in [-0.25, -0.2) is 9.18 Å². The second-order valence-electron chi connectivity index (χ2n) is 3.75. The molecule has 0 saturated carbocycles. The number of rotatable bonds is 4. The fourth-order valence-electron chi connectivity index (χ4n) is 1.21. The third-order valence-corrected chi connectivity index (χ3v) is 3.58. The summed E-state index contributed by atoms with van der Waals surface area (Å²) in [5, 5.41) is 11.1. The minimum absolute atomic E-state index is 0.0495. The first kappa shape index (κ1) is 15.7. The van der Waals surface area contributed by atoms with Gasteiger partial charge in [-0.2, -0.15) is 0 Å². The number of halogens is 3. The first-order valence-corrected chi connectivity index (χ1v) is 6.37. The molecule has 1 rings (SSSR count). The highest BCUT2D eigenvalue weighted by atomic mass is 79.9. The molecule has 19 heavy (non-hydrogen) atoms. The molecule has 0 aliphatic heterocycles. The first-order valence-electron chi connectivity index (χ1n) is 5.19. The molecule has 0 radical (unpaired) electrons. The zero-order valence-electron chi connectivity index (χ0n) is 9.91. The molecular weight excluding hydrogens is 342 g/mol. The van der Waals surface area contributed by atoms with E-state index in [2.05, 4.69) is 21.2 Å². The summed E-state index contributed by atoms with van der Waals surface area (Å²) >= 11 is 8.71. The second kappa shape index (κ2) is 6.72. The van der Waals surface area contributed by atoms with Gasteiger partial charge >= 0.3 is 12.0 Å². The summed E-state index contributed by atoms with van der Waals surface area (Å²) in [5.41, 5.74) is 0.192. The van der Waals surface area contributed by atoms with E-state index in [4.69, 9.17) is 16.7 Å². The van der Waals surface area contributed by atoms with Crippen LogP contribution in [0.1, 0.15) is 6.42 Å². The number of aliphatic carboxylic acids is 1. The van der Waals surface area contributed by atoms with Gasteiger partial charge in [-0.15, -0.1) is 0 Å². The Labute approximate surface area is 122 Å². The van der Waals surface area contributed by atoms with Crippen molar-refractivity contribution in [2.75, 3.05) is 18.9 Å². The largest absolute Gasteiger partial charge is 0.481 e. The third-order valence-electron chi connectivity index (χ3n) is 2.24. The van der Waals surface area contributed by atoms with Gasteiger partial charge in [-0.1, -0.05) is 11.6 Å². The number of carboxylic acids is 1. The lowest BCUT2D eigenvalue weighted by atomic mass is 10.3. The zero-order valence-corrected chi connectivity index (χ0v) is 12.3. The van der Waals surface area contributed by atoms with Crippen molar-refractivity contribution < 1.29 is 19.1 Å². The van der Waals surface area contributed by atoms with Gasteiger partial charge in [0.2, 0.25) is 0 Å². The molecule has 2 N–H and O–H groups in total. The number of nitrogens with zero attached hydrogens (tertiary/aromatic N) is 1.